The third kappa shape index (κ3) is 3.96. The SMILES string of the molecule is CCc1ccc(N(C)C(=O)/C=C/c2cccc(N)c2)cc1. The fourth-order valence-corrected chi connectivity index (χ4v) is 2.02. The van der Waals surface area contributed by atoms with Crippen LogP contribution in [0.15, 0.2) is 54.6 Å². The average Bonchev–Trinajstić information content (AvgIpc) is 2.52. The van der Waals surface area contributed by atoms with E-state index in [1.165, 1.54) is 5.56 Å². The first kappa shape index (κ1) is 14.9. The minimum absolute atomic E-state index is 0.0679. The van der Waals surface area contributed by atoms with Gasteiger partial charge in [0.05, 0.1) is 0 Å². The van der Waals surface area contributed by atoms with E-state index in [4.69, 9.17) is 5.73 Å². The molecule has 0 aromatic heterocycles. The molecule has 0 saturated carbocycles. The van der Waals surface area contributed by atoms with Crippen LogP contribution in [0.2, 0.25) is 0 Å². The summed E-state index contributed by atoms with van der Waals surface area (Å²) in [5.74, 6) is -0.0679. The standard InChI is InChI=1S/C18H20N2O/c1-3-14-7-10-17(11-8-14)20(2)18(21)12-9-15-5-4-6-16(19)13-15/h4-13H,3,19H2,1-2H3/b12-9+. The van der Waals surface area contributed by atoms with E-state index in [0.29, 0.717) is 5.69 Å². The van der Waals surface area contributed by atoms with Gasteiger partial charge in [0.15, 0.2) is 0 Å². The van der Waals surface area contributed by atoms with Crippen molar-refractivity contribution < 1.29 is 4.79 Å². The highest BCUT2D eigenvalue weighted by atomic mass is 16.2. The van der Waals surface area contributed by atoms with Crippen molar-refractivity contribution in [2.45, 2.75) is 13.3 Å². The second kappa shape index (κ2) is 6.75. The number of carbonyl (C=O) groups is 1. The van der Waals surface area contributed by atoms with Gasteiger partial charge >= 0.3 is 0 Å². The maximum atomic E-state index is 12.2. The molecule has 21 heavy (non-hydrogen) atoms. The van der Waals surface area contributed by atoms with E-state index < -0.39 is 0 Å². The van der Waals surface area contributed by atoms with E-state index >= 15 is 0 Å². The summed E-state index contributed by atoms with van der Waals surface area (Å²) in [6.07, 6.45) is 4.32. The van der Waals surface area contributed by atoms with Crippen LogP contribution in [0.3, 0.4) is 0 Å². The smallest absolute Gasteiger partial charge is 0.250 e. The molecule has 0 bridgehead atoms. The number of likely N-dealkylation sites (N-methyl/N-ethyl adjacent to an activating group) is 1. The van der Waals surface area contributed by atoms with E-state index in [9.17, 15) is 4.79 Å². The summed E-state index contributed by atoms with van der Waals surface area (Å²) in [4.78, 5) is 13.8. The van der Waals surface area contributed by atoms with E-state index in [2.05, 4.69) is 6.92 Å². The van der Waals surface area contributed by atoms with Crippen molar-refractivity contribution in [1.82, 2.24) is 0 Å². The van der Waals surface area contributed by atoms with Crippen molar-refractivity contribution in [3.05, 3.63) is 65.7 Å². The Bertz CT molecular complexity index is 645. The fourth-order valence-electron chi connectivity index (χ4n) is 2.02. The summed E-state index contributed by atoms with van der Waals surface area (Å²) >= 11 is 0. The van der Waals surface area contributed by atoms with Crippen LogP contribution < -0.4 is 10.6 Å². The first-order chi connectivity index (χ1) is 10.1. The zero-order chi connectivity index (χ0) is 15.2. The molecule has 3 nitrogen and oxygen atoms in total. The van der Waals surface area contributed by atoms with Crippen LogP contribution in [-0.2, 0) is 11.2 Å². The Balaban J connectivity index is 2.08. The largest absolute Gasteiger partial charge is 0.399 e. The Kier molecular flexibility index (Phi) is 4.77. The number of aryl methyl sites for hydroxylation is 1. The van der Waals surface area contributed by atoms with Crippen molar-refractivity contribution in [1.29, 1.82) is 0 Å². The maximum absolute atomic E-state index is 12.2. The molecule has 0 unspecified atom stereocenters. The number of nitrogen functional groups attached to an aromatic ring is 1. The second-order valence-corrected chi connectivity index (χ2v) is 4.92. The molecular formula is C18H20N2O. The van der Waals surface area contributed by atoms with Gasteiger partial charge in [-0.2, -0.15) is 0 Å². The van der Waals surface area contributed by atoms with Gasteiger partial charge in [0, 0.05) is 24.5 Å². The van der Waals surface area contributed by atoms with Gasteiger partial charge in [-0.3, -0.25) is 4.79 Å². The molecule has 0 aliphatic carbocycles. The molecule has 0 atom stereocenters. The molecule has 0 spiro atoms. The number of hydrogen-bond donors (Lipinski definition) is 1. The monoisotopic (exact) mass is 280 g/mol. The molecule has 2 aromatic carbocycles. The fraction of sp³-hybridized carbons (Fsp3) is 0.167. The Hall–Kier alpha value is -2.55. The predicted molar refractivity (Wildman–Crippen MR) is 89.1 cm³/mol. The second-order valence-electron chi connectivity index (χ2n) is 4.92. The van der Waals surface area contributed by atoms with Gasteiger partial charge in [-0.15, -0.1) is 0 Å². The maximum Gasteiger partial charge on any atom is 0.250 e. The van der Waals surface area contributed by atoms with Gasteiger partial charge in [0.2, 0.25) is 0 Å². The Labute approximate surface area is 125 Å². The molecule has 1 amide bonds. The number of rotatable bonds is 4. The van der Waals surface area contributed by atoms with Crippen molar-refractivity contribution >= 4 is 23.4 Å². The zero-order valence-electron chi connectivity index (χ0n) is 12.4. The van der Waals surface area contributed by atoms with Crippen LogP contribution in [0.5, 0.6) is 0 Å². The number of carbonyl (C=O) groups excluding carboxylic acids is 1. The van der Waals surface area contributed by atoms with Crippen LogP contribution >= 0.6 is 0 Å². The van der Waals surface area contributed by atoms with Gasteiger partial charge in [0.1, 0.15) is 0 Å². The highest BCUT2D eigenvalue weighted by Crippen LogP contribution is 2.15. The Morgan fingerprint density at radius 1 is 1.19 bits per heavy atom. The molecule has 2 N–H and O–H groups in total. The molecule has 0 radical (unpaired) electrons. The first-order valence-corrected chi connectivity index (χ1v) is 7.00. The van der Waals surface area contributed by atoms with E-state index in [0.717, 1.165) is 17.7 Å². The van der Waals surface area contributed by atoms with E-state index in [1.54, 1.807) is 24.1 Å². The van der Waals surface area contributed by atoms with Crippen molar-refractivity contribution in [3.63, 3.8) is 0 Å². The summed E-state index contributed by atoms with van der Waals surface area (Å²) in [6.45, 7) is 2.11. The van der Waals surface area contributed by atoms with Crippen LogP contribution in [0.1, 0.15) is 18.1 Å². The number of hydrogen-bond acceptors (Lipinski definition) is 2. The number of nitrogens with two attached hydrogens (primary N) is 1. The first-order valence-electron chi connectivity index (χ1n) is 7.00. The van der Waals surface area contributed by atoms with Crippen LogP contribution in [0.25, 0.3) is 6.08 Å². The zero-order valence-corrected chi connectivity index (χ0v) is 12.4. The van der Waals surface area contributed by atoms with Gasteiger partial charge in [0.25, 0.3) is 5.91 Å². The molecule has 108 valence electrons. The molecule has 0 saturated heterocycles. The van der Waals surface area contributed by atoms with E-state index in [-0.39, 0.29) is 5.91 Å². The van der Waals surface area contributed by atoms with Crippen LogP contribution in [-0.4, -0.2) is 13.0 Å². The minimum atomic E-state index is -0.0679. The van der Waals surface area contributed by atoms with Crippen LogP contribution in [0.4, 0.5) is 11.4 Å². The summed E-state index contributed by atoms with van der Waals surface area (Å²) < 4.78 is 0. The quantitative estimate of drug-likeness (QED) is 0.688. The summed E-state index contributed by atoms with van der Waals surface area (Å²) in [5, 5.41) is 0. The number of benzene rings is 2. The normalized spacial score (nSPS) is 10.8. The van der Waals surface area contributed by atoms with E-state index in [1.807, 2.05) is 48.5 Å². The average molecular weight is 280 g/mol. The highest BCUT2D eigenvalue weighted by molar-refractivity contribution is 6.03. The molecule has 0 heterocycles. The lowest BCUT2D eigenvalue weighted by atomic mass is 10.1. The minimum Gasteiger partial charge on any atom is -0.399 e. The topological polar surface area (TPSA) is 46.3 Å². The number of anilines is 2. The summed E-state index contributed by atoms with van der Waals surface area (Å²) in [7, 11) is 1.77. The number of amides is 1. The Morgan fingerprint density at radius 3 is 2.52 bits per heavy atom. The van der Waals surface area contributed by atoms with Gasteiger partial charge < -0.3 is 10.6 Å². The van der Waals surface area contributed by atoms with Gasteiger partial charge in [-0.1, -0.05) is 31.2 Å². The van der Waals surface area contributed by atoms with Gasteiger partial charge in [-0.05, 0) is 47.9 Å². The number of nitrogens with zero attached hydrogens (tertiary/aromatic N) is 1. The lowest BCUT2D eigenvalue weighted by molar-refractivity contribution is -0.113. The predicted octanol–water partition coefficient (Wildman–Crippen LogP) is 3.51. The molecule has 2 rings (SSSR count). The van der Waals surface area contributed by atoms with Crippen LogP contribution in [0, 0.1) is 0 Å². The van der Waals surface area contributed by atoms with Crippen molar-refractivity contribution in [2.24, 2.45) is 0 Å². The van der Waals surface area contributed by atoms with Gasteiger partial charge in [-0.25, -0.2) is 0 Å². The molecule has 0 fully saturated rings. The van der Waals surface area contributed by atoms with Crippen molar-refractivity contribution in [2.75, 3.05) is 17.7 Å². The van der Waals surface area contributed by atoms with Crippen molar-refractivity contribution in [3.8, 4) is 0 Å². The molecule has 3 heteroatoms. The molecule has 0 aliphatic heterocycles. The third-order valence-corrected chi connectivity index (χ3v) is 3.39. The highest BCUT2D eigenvalue weighted by Gasteiger charge is 2.07. The lowest BCUT2D eigenvalue weighted by Crippen LogP contribution is -2.23. The lowest BCUT2D eigenvalue weighted by Gasteiger charge is -2.15. The molecule has 2 aromatic rings. The molecule has 0 aliphatic rings. The summed E-state index contributed by atoms with van der Waals surface area (Å²) in [6, 6.07) is 15.4. The summed E-state index contributed by atoms with van der Waals surface area (Å²) in [5.41, 5.74) is 9.46. The Morgan fingerprint density at radius 2 is 1.90 bits per heavy atom. The third-order valence-electron chi connectivity index (χ3n) is 3.39. The molecular weight excluding hydrogens is 260 g/mol.